The van der Waals surface area contributed by atoms with Gasteiger partial charge in [0.15, 0.2) is 4.77 Å². The number of nitrogens with zero attached hydrogens (tertiary/aromatic N) is 1. The summed E-state index contributed by atoms with van der Waals surface area (Å²) in [7, 11) is 1.57. The second-order valence-electron chi connectivity index (χ2n) is 7.56. The van der Waals surface area contributed by atoms with Crippen molar-refractivity contribution in [2.45, 2.75) is 38.9 Å². The molecule has 2 heterocycles. The summed E-state index contributed by atoms with van der Waals surface area (Å²) in [4.78, 5) is 3.01. The highest BCUT2D eigenvalue weighted by atomic mass is 32.1. The summed E-state index contributed by atoms with van der Waals surface area (Å²) in [5.74, 6) is 0. The summed E-state index contributed by atoms with van der Waals surface area (Å²) < 4.78 is 15.0. The van der Waals surface area contributed by atoms with Crippen LogP contribution < -0.4 is 5.32 Å². The van der Waals surface area contributed by atoms with Gasteiger partial charge in [-0.15, -0.1) is 0 Å². The summed E-state index contributed by atoms with van der Waals surface area (Å²) in [6.45, 7) is 8.97. The first-order chi connectivity index (χ1) is 12.2. The van der Waals surface area contributed by atoms with Gasteiger partial charge in [0.1, 0.15) is 0 Å². The Morgan fingerprint density at radius 1 is 1.19 bits per heavy atom. The van der Waals surface area contributed by atoms with Crippen LogP contribution in [0.25, 0.3) is 11.8 Å². The van der Waals surface area contributed by atoms with Gasteiger partial charge in [0, 0.05) is 24.6 Å². The summed E-state index contributed by atoms with van der Waals surface area (Å²) >= 11 is 5.27. The number of H-pyrrole nitrogens is 1. The van der Waals surface area contributed by atoms with E-state index in [9.17, 15) is 0 Å². The largest absolute Gasteiger partial charge is 0.491 e. The molecule has 138 valence electrons. The molecule has 0 aliphatic carbocycles. The Morgan fingerprint density at radius 2 is 1.81 bits per heavy atom. The zero-order valence-corrected chi connectivity index (χ0v) is 16.8. The van der Waals surface area contributed by atoms with Crippen LogP contribution in [-0.2, 0) is 9.31 Å². The van der Waals surface area contributed by atoms with Crippen LogP contribution in [0.3, 0.4) is 0 Å². The normalized spacial score (nSPS) is 19.1. The quantitative estimate of drug-likeness (QED) is 0.621. The Balaban J connectivity index is 1.86. The molecular weight excluding hydrogens is 345 g/mol. The molecule has 1 fully saturated rings. The molecule has 2 aromatic rings. The third-order valence-electron chi connectivity index (χ3n) is 5.11. The van der Waals surface area contributed by atoms with E-state index < -0.39 is 0 Å². The first-order valence-electron chi connectivity index (χ1n) is 8.81. The van der Waals surface area contributed by atoms with E-state index in [1.54, 1.807) is 0 Å². The predicted octanol–water partition coefficient (Wildman–Crippen LogP) is 3.77. The minimum atomic E-state index is -0.356. The van der Waals surface area contributed by atoms with E-state index in [0.717, 1.165) is 16.7 Å². The van der Waals surface area contributed by atoms with Crippen LogP contribution in [0.2, 0.25) is 0 Å². The first kappa shape index (κ1) is 19.1. The zero-order valence-electron chi connectivity index (χ0n) is 16.0. The number of rotatable bonds is 5. The lowest BCUT2D eigenvalue weighted by Gasteiger charge is -2.32. The van der Waals surface area contributed by atoms with Gasteiger partial charge in [-0.25, -0.2) is 0 Å². The van der Waals surface area contributed by atoms with Gasteiger partial charge in [0.25, 0.3) is 0 Å². The average molecular weight is 371 g/mol. The molecule has 7 heteroatoms. The Morgan fingerprint density at radius 3 is 2.31 bits per heavy atom. The van der Waals surface area contributed by atoms with Crippen LogP contribution in [0.4, 0.5) is 0 Å². The van der Waals surface area contributed by atoms with Crippen molar-refractivity contribution in [1.29, 1.82) is 0 Å². The molecule has 0 unspecified atom stereocenters. The van der Waals surface area contributed by atoms with Gasteiger partial charge in [0.2, 0.25) is 0 Å². The van der Waals surface area contributed by atoms with E-state index in [1.165, 1.54) is 0 Å². The standard InChI is InChI=1S/C19H26BN3O2S/c1-18(2)19(3,4)25-20(24-18)15(13-21-5)12-14-6-8-16(9-7-14)23-11-10-22-17(23)26/h6-12,21H,13H2,1-5H3,(H,22,26). The molecule has 1 aromatic carbocycles. The predicted molar refractivity (Wildman–Crippen MR) is 109 cm³/mol. The highest BCUT2D eigenvalue weighted by Crippen LogP contribution is 2.38. The van der Waals surface area contributed by atoms with Gasteiger partial charge >= 0.3 is 7.12 Å². The fourth-order valence-corrected chi connectivity index (χ4v) is 3.10. The molecule has 1 saturated heterocycles. The Bertz CT molecular complexity index is 836. The van der Waals surface area contributed by atoms with Crippen LogP contribution in [0.15, 0.2) is 42.1 Å². The molecule has 1 aliphatic rings. The maximum atomic E-state index is 6.20. The SMILES string of the molecule is CNCC(=Cc1ccc(-n2cc[nH]c2=S)cc1)B1OC(C)(C)C(C)(C)O1. The number of imidazole rings is 1. The van der Waals surface area contributed by atoms with Crippen molar-refractivity contribution in [3.05, 3.63) is 52.5 Å². The summed E-state index contributed by atoms with van der Waals surface area (Å²) in [5, 5.41) is 3.21. The Labute approximate surface area is 160 Å². The minimum Gasteiger partial charge on any atom is -0.400 e. The van der Waals surface area contributed by atoms with Crippen molar-refractivity contribution in [3.63, 3.8) is 0 Å². The molecular formula is C19H26BN3O2S. The number of nitrogens with one attached hydrogen (secondary N) is 2. The number of aromatic amines is 1. The fraction of sp³-hybridized carbons (Fsp3) is 0.421. The molecule has 1 aromatic heterocycles. The van der Waals surface area contributed by atoms with E-state index in [1.807, 2.05) is 24.0 Å². The molecule has 0 amide bonds. The first-order valence-corrected chi connectivity index (χ1v) is 9.21. The molecule has 0 radical (unpaired) electrons. The highest BCUT2D eigenvalue weighted by molar-refractivity contribution is 7.71. The van der Waals surface area contributed by atoms with Gasteiger partial charge in [-0.3, -0.25) is 4.57 Å². The van der Waals surface area contributed by atoms with E-state index >= 15 is 0 Å². The lowest BCUT2D eigenvalue weighted by Crippen LogP contribution is -2.41. The second kappa shape index (κ2) is 7.16. The fourth-order valence-electron chi connectivity index (χ4n) is 2.87. The number of benzene rings is 1. The van der Waals surface area contributed by atoms with Crippen molar-refractivity contribution in [2.75, 3.05) is 13.6 Å². The molecule has 0 saturated carbocycles. The number of hydrogen-bond donors (Lipinski definition) is 2. The number of aromatic nitrogens is 2. The molecule has 1 aliphatic heterocycles. The Kier molecular flexibility index (Phi) is 5.26. The van der Waals surface area contributed by atoms with Crippen LogP contribution >= 0.6 is 12.2 Å². The number of hydrogen-bond acceptors (Lipinski definition) is 4. The topological polar surface area (TPSA) is 51.2 Å². The van der Waals surface area contributed by atoms with Crippen LogP contribution in [0.5, 0.6) is 0 Å². The zero-order chi connectivity index (χ0) is 18.9. The van der Waals surface area contributed by atoms with Gasteiger partial charge in [0.05, 0.1) is 11.2 Å². The van der Waals surface area contributed by atoms with Crippen molar-refractivity contribution >= 4 is 25.4 Å². The molecule has 0 spiro atoms. The molecule has 2 N–H and O–H groups in total. The third-order valence-corrected chi connectivity index (χ3v) is 5.42. The van der Waals surface area contributed by atoms with Crippen LogP contribution in [-0.4, -0.2) is 41.5 Å². The second-order valence-corrected chi connectivity index (χ2v) is 7.95. The molecule has 26 heavy (non-hydrogen) atoms. The summed E-state index contributed by atoms with van der Waals surface area (Å²) in [6, 6.07) is 8.25. The third kappa shape index (κ3) is 3.71. The lowest BCUT2D eigenvalue weighted by atomic mass is 9.77. The molecule has 0 bridgehead atoms. The molecule has 5 nitrogen and oxygen atoms in total. The molecule has 0 atom stereocenters. The van der Waals surface area contributed by atoms with E-state index in [2.05, 4.69) is 68.3 Å². The molecule has 3 rings (SSSR count). The average Bonchev–Trinajstić information content (AvgIpc) is 3.08. The highest BCUT2D eigenvalue weighted by Gasteiger charge is 2.52. The van der Waals surface area contributed by atoms with E-state index in [-0.39, 0.29) is 18.3 Å². The smallest absolute Gasteiger partial charge is 0.400 e. The summed E-state index contributed by atoms with van der Waals surface area (Å²) in [5.41, 5.74) is 2.49. The number of likely N-dealkylation sites (N-methyl/N-ethyl adjacent to an activating group) is 1. The van der Waals surface area contributed by atoms with Gasteiger partial charge in [-0.1, -0.05) is 18.2 Å². The minimum absolute atomic E-state index is 0.348. The van der Waals surface area contributed by atoms with Gasteiger partial charge < -0.3 is 19.6 Å². The lowest BCUT2D eigenvalue weighted by molar-refractivity contribution is 0.00578. The summed E-state index contributed by atoms with van der Waals surface area (Å²) in [6.07, 6.45) is 5.88. The van der Waals surface area contributed by atoms with Crippen LogP contribution in [0.1, 0.15) is 33.3 Å². The van der Waals surface area contributed by atoms with E-state index in [0.29, 0.717) is 11.3 Å². The van der Waals surface area contributed by atoms with Crippen LogP contribution in [0, 0.1) is 4.77 Å². The monoisotopic (exact) mass is 371 g/mol. The van der Waals surface area contributed by atoms with Gasteiger partial charge in [-0.05, 0) is 70.1 Å². The maximum absolute atomic E-state index is 6.20. The van der Waals surface area contributed by atoms with Crippen molar-refractivity contribution in [1.82, 2.24) is 14.9 Å². The maximum Gasteiger partial charge on any atom is 0.491 e. The Hall–Kier alpha value is -1.67. The van der Waals surface area contributed by atoms with Crippen molar-refractivity contribution < 1.29 is 9.31 Å². The van der Waals surface area contributed by atoms with E-state index in [4.69, 9.17) is 21.5 Å². The van der Waals surface area contributed by atoms with Crippen molar-refractivity contribution in [3.8, 4) is 5.69 Å². The van der Waals surface area contributed by atoms with Crippen molar-refractivity contribution in [2.24, 2.45) is 0 Å². The van der Waals surface area contributed by atoms with Gasteiger partial charge in [-0.2, -0.15) is 0 Å².